The molecule has 2 unspecified atom stereocenters. The van der Waals surface area contributed by atoms with Gasteiger partial charge < -0.3 is 24.8 Å². The van der Waals surface area contributed by atoms with Crippen molar-refractivity contribution < 1.29 is 41.4 Å². The van der Waals surface area contributed by atoms with Gasteiger partial charge in [0.05, 0.1) is 0 Å². The van der Waals surface area contributed by atoms with Gasteiger partial charge in [-0.25, -0.2) is 0 Å². The van der Waals surface area contributed by atoms with Crippen molar-refractivity contribution in [2.24, 2.45) is 11.8 Å². The van der Waals surface area contributed by atoms with E-state index in [-0.39, 0.29) is 24.8 Å². The molecule has 1 heterocycles. The van der Waals surface area contributed by atoms with Gasteiger partial charge in [0, 0.05) is 0 Å². The van der Waals surface area contributed by atoms with Crippen LogP contribution < -0.4 is 24.8 Å². The van der Waals surface area contributed by atoms with Gasteiger partial charge in [-0.2, -0.15) is 0 Å². The fourth-order valence-electron chi connectivity index (χ4n) is 10.5. The molecule has 4 aromatic carbocycles. The molecule has 0 amide bonds. The van der Waals surface area contributed by atoms with Gasteiger partial charge in [-0.1, -0.05) is 0 Å². The van der Waals surface area contributed by atoms with Crippen LogP contribution in [0.25, 0.3) is 33.7 Å². The smallest absolute Gasteiger partial charge is 1.00 e. The Kier molecular flexibility index (Phi) is 8.69. The Morgan fingerprint density at radius 1 is 0.455 bits per heavy atom. The molecule has 9 rings (SSSR count). The SMILES string of the molecule is C1=C(C2CCCCC2)[CH]([Ti+2]2([CH]3C(C4CCCCC4)=Cc4c3ccc3ccccc43)[CH2]C[CH2]2)c2ccc3ccccc3c21.[Cl-].[Cl-]. The first-order valence-corrected chi connectivity index (χ1v) is 21.3. The van der Waals surface area contributed by atoms with Crippen molar-refractivity contribution >= 4 is 33.7 Å². The van der Waals surface area contributed by atoms with E-state index in [1.54, 1.807) is 31.7 Å². The number of halogens is 2. The third-order valence-corrected chi connectivity index (χ3v) is 22.1. The molecule has 1 saturated heterocycles. The molecule has 4 aliphatic carbocycles. The molecule has 0 bridgehead atoms. The van der Waals surface area contributed by atoms with Crippen molar-refractivity contribution in [1.29, 1.82) is 0 Å². The number of allylic oxidation sites excluding steroid dienone is 2. The van der Waals surface area contributed by atoms with E-state index in [1.807, 2.05) is 11.1 Å². The molecule has 226 valence electrons. The minimum atomic E-state index is -2.51. The molecule has 0 nitrogen and oxygen atoms in total. The third-order valence-electron chi connectivity index (χ3n) is 12.5. The van der Waals surface area contributed by atoms with Gasteiger partial charge in [0.1, 0.15) is 0 Å². The van der Waals surface area contributed by atoms with E-state index in [4.69, 9.17) is 0 Å². The van der Waals surface area contributed by atoms with Crippen LogP contribution in [0.3, 0.4) is 0 Å². The summed E-state index contributed by atoms with van der Waals surface area (Å²) in [4.78, 5) is 0. The maximum atomic E-state index is 2.78. The average molecular weight is 656 g/mol. The Balaban J connectivity index is 0.00000156. The molecule has 2 saturated carbocycles. The number of benzene rings is 4. The Bertz CT molecular complexity index is 1620. The summed E-state index contributed by atoms with van der Waals surface area (Å²) in [5.74, 6) is 1.61. The maximum Gasteiger partial charge on any atom is -1.00 e. The van der Waals surface area contributed by atoms with Gasteiger partial charge in [-0.05, 0) is 0 Å². The molecule has 0 radical (unpaired) electrons. The Labute approximate surface area is 280 Å². The second-order valence-corrected chi connectivity index (χ2v) is 21.7. The summed E-state index contributed by atoms with van der Waals surface area (Å²) in [6.45, 7) is 0. The van der Waals surface area contributed by atoms with E-state index in [0.717, 1.165) is 20.3 Å². The molecule has 4 aromatic rings. The summed E-state index contributed by atoms with van der Waals surface area (Å²) in [5, 5.41) is 5.85. The molecular formula is C41H44Cl2Ti. The molecule has 1 aliphatic heterocycles. The van der Waals surface area contributed by atoms with Crippen LogP contribution in [0.15, 0.2) is 83.9 Å². The van der Waals surface area contributed by atoms with Crippen molar-refractivity contribution in [2.45, 2.75) is 88.5 Å². The zero-order valence-corrected chi connectivity index (χ0v) is 28.9. The van der Waals surface area contributed by atoms with Gasteiger partial charge in [-0.3, -0.25) is 0 Å². The Hall–Kier alpha value is -1.83. The second kappa shape index (κ2) is 12.4. The molecule has 3 heteroatoms. The van der Waals surface area contributed by atoms with Gasteiger partial charge in [0.2, 0.25) is 0 Å². The summed E-state index contributed by atoms with van der Waals surface area (Å²) in [5.41, 5.74) is 10.5. The minimum absolute atomic E-state index is 0. The van der Waals surface area contributed by atoms with Crippen LogP contribution in [0.1, 0.15) is 101 Å². The molecule has 3 fully saturated rings. The predicted octanol–water partition coefficient (Wildman–Crippen LogP) is 6.13. The second-order valence-electron chi connectivity index (χ2n) is 14.5. The zero-order valence-electron chi connectivity index (χ0n) is 25.8. The van der Waals surface area contributed by atoms with E-state index < -0.39 is 16.6 Å². The molecule has 44 heavy (non-hydrogen) atoms. The first-order valence-electron chi connectivity index (χ1n) is 17.3. The van der Waals surface area contributed by atoms with Crippen LogP contribution in [0.2, 0.25) is 9.45 Å². The summed E-state index contributed by atoms with van der Waals surface area (Å²) in [7, 11) is 0. The number of hydrogen-bond donors (Lipinski definition) is 0. The van der Waals surface area contributed by atoms with E-state index in [9.17, 15) is 0 Å². The van der Waals surface area contributed by atoms with Crippen molar-refractivity contribution in [3.05, 3.63) is 106 Å². The molecule has 0 N–H and O–H groups in total. The Morgan fingerprint density at radius 2 is 0.886 bits per heavy atom. The number of hydrogen-bond acceptors (Lipinski definition) is 0. The van der Waals surface area contributed by atoms with Crippen LogP contribution in [0.4, 0.5) is 0 Å². The topological polar surface area (TPSA) is 0 Å². The molecule has 5 aliphatic rings. The van der Waals surface area contributed by atoms with Crippen LogP contribution in [0, 0.1) is 11.8 Å². The normalized spacial score (nSPS) is 23.7. The standard InChI is InChI=1S/2C19H19.C3H6.2ClH.Ti/c2*1-2-6-14(7-3-1)17-12-16-11-10-15-8-4-5-9-18(15)19(16)13-17;1-3-2;;;/h2*4-5,8-14H,1-3,6-7H2;1-3H2;2*1H;/q;;;;;+2/p-2. The summed E-state index contributed by atoms with van der Waals surface area (Å²) >= 11 is -2.51. The van der Waals surface area contributed by atoms with Crippen LogP contribution in [-0.2, 0) is 16.6 Å². The van der Waals surface area contributed by atoms with Gasteiger partial charge >= 0.3 is 257 Å². The van der Waals surface area contributed by atoms with Crippen LogP contribution >= 0.6 is 0 Å². The molecule has 0 aromatic heterocycles. The van der Waals surface area contributed by atoms with E-state index in [0.29, 0.717) is 0 Å². The van der Waals surface area contributed by atoms with Crippen molar-refractivity contribution in [2.75, 3.05) is 0 Å². The average Bonchev–Trinajstić information content (AvgIpc) is 3.62. The van der Waals surface area contributed by atoms with Gasteiger partial charge in [-0.15, -0.1) is 0 Å². The van der Waals surface area contributed by atoms with E-state index >= 15 is 0 Å². The number of fused-ring (bicyclic) bond motifs is 6. The largest absolute Gasteiger partial charge is 1.00 e. The maximum absolute atomic E-state index is 2.78. The molecular weight excluding hydrogens is 611 g/mol. The molecule has 0 spiro atoms. The minimum Gasteiger partial charge on any atom is -1.00 e. The van der Waals surface area contributed by atoms with Crippen molar-refractivity contribution in [3.63, 3.8) is 0 Å². The van der Waals surface area contributed by atoms with Gasteiger partial charge in [0.25, 0.3) is 0 Å². The van der Waals surface area contributed by atoms with Crippen LogP contribution in [0.5, 0.6) is 0 Å². The Morgan fingerprint density at radius 3 is 1.30 bits per heavy atom. The molecule has 2 atom stereocenters. The summed E-state index contributed by atoms with van der Waals surface area (Å²) in [6.07, 6.45) is 21.3. The van der Waals surface area contributed by atoms with Gasteiger partial charge in [0.15, 0.2) is 0 Å². The fourth-order valence-corrected chi connectivity index (χ4v) is 20.4. The first-order chi connectivity index (χ1) is 20.8. The van der Waals surface area contributed by atoms with Crippen molar-refractivity contribution in [1.82, 2.24) is 0 Å². The third kappa shape index (κ3) is 4.73. The summed E-state index contributed by atoms with van der Waals surface area (Å²) in [6, 6.07) is 28.6. The zero-order chi connectivity index (χ0) is 27.7. The first kappa shape index (κ1) is 30.8. The fraction of sp³-hybridized carbons (Fsp3) is 0.415. The monoisotopic (exact) mass is 654 g/mol. The van der Waals surface area contributed by atoms with E-state index in [2.05, 4.69) is 84.9 Å². The number of rotatable bonds is 4. The van der Waals surface area contributed by atoms with Crippen molar-refractivity contribution in [3.8, 4) is 0 Å². The summed E-state index contributed by atoms with van der Waals surface area (Å²) < 4.78 is 4.61. The van der Waals surface area contributed by atoms with E-state index in [1.165, 1.54) is 92.2 Å². The quantitative estimate of drug-likeness (QED) is 0.232. The van der Waals surface area contributed by atoms with Crippen LogP contribution in [-0.4, -0.2) is 0 Å². The predicted molar refractivity (Wildman–Crippen MR) is 177 cm³/mol.